The summed E-state index contributed by atoms with van der Waals surface area (Å²) in [6.07, 6.45) is 0. The predicted octanol–water partition coefficient (Wildman–Crippen LogP) is 3.93. The zero-order valence-electron chi connectivity index (χ0n) is 10.6. The minimum atomic E-state index is -0.232. The molecule has 0 amide bonds. The molecule has 0 aliphatic rings. The molecule has 4 heteroatoms. The first-order chi connectivity index (χ1) is 9.11. The Hall–Kier alpha value is -1.39. The molecular weight excluding hydrogens is 309 g/mol. The minimum absolute atomic E-state index is 0.232. The predicted molar refractivity (Wildman–Crippen MR) is 77.5 cm³/mol. The maximum Gasteiger partial charge on any atom is 0.138 e. The molecule has 2 N–H and O–H groups in total. The molecule has 0 saturated heterocycles. The van der Waals surface area contributed by atoms with Crippen molar-refractivity contribution < 1.29 is 9.13 Å². The van der Waals surface area contributed by atoms with E-state index in [9.17, 15) is 4.39 Å². The molecule has 2 aromatic rings. The Labute approximate surface area is 120 Å². The van der Waals surface area contributed by atoms with Gasteiger partial charge >= 0.3 is 0 Å². The molecule has 0 aliphatic carbocycles. The SMILES string of the molecule is Cc1cc(F)ccc1COc1c(Br)cccc1CN. The highest BCUT2D eigenvalue weighted by Crippen LogP contribution is 2.29. The first-order valence-corrected chi connectivity index (χ1v) is 6.76. The lowest BCUT2D eigenvalue weighted by molar-refractivity contribution is 0.300. The molecule has 0 bridgehead atoms. The smallest absolute Gasteiger partial charge is 0.138 e. The Morgan fingerprint density at radius 3 is 2.68 bits per heavy atom. The van der Waals surface area contributed by atoms with Gasteiger partial charge < -0.3 is 10.5 Å². The van der Waals surface area contributed by atoms with E-state index < -0.39 is 0 Å². The van der Waals surface area contributed by atoms with Crippen molar-refractivity contribution in [1.82, 2.24) is 0 Å². The van der Waals surface area contributed by atoms with Gasteiger partial charge in [-0.1, -0.05) is 18.2 Å². The maximum atomic E-state index is 13.0. The third kappa shape index (κ3) is 3.33. The van der Waals surface area contributed by atoms with Crippen LogP contribution in [0.25, 0.3) is 0 Å². The van der Waals surface area contributed by atoms with Crippen molar-refractivity contribution in [2.75, 3.05) is 0 Å². The van der Waals surface area contributed by atoms with E-state index >= 15 is 0 Å². The average Bonchev–Trinajstić information content (AvgIpc) is 2.39. The third-order valence-electron chi connectivity index (χ3n) is 2.95. The molecule has 0 fully saturated rings. The van der Waals surface area contributed by atoms with Crippen LogP contribution in [0.1, 0.15) is 16.7 Å². The van der Waals surface area contributed by atoms with Gasteiger partial charge in [-0.05, 0) is 52.2 Å². The number of halogens is 2. The van der Waals surface area contributed by atoms with Gasteiger partial charge in [0.25, 0.3) is 0 Å². The highest BCUT2D eigenvalue weighted by atomic mass is 79.9. The summed E-state index contributed by atoms with van der Waals surface area (Å²) in [5, 5.41) is 0. The molecular formula is C15H15BrFNO. The molecule has 0 atom stereocenters. The van der Waals surface area contributed by atoms with Gasteiger partial charge in [0, 0.05) is 12.1 Å². The summed E-state index contributed by atoms with van der Waals surface area (Å²) < 4.78 is 19.7. The van der Waals surface area contributed by atoms with E-state index in [1.54, 1.807) is 6.07 Å². The maximum absolute atomic E-state index is 13.0. The average molecular weight is 324 g/mol. The van der Waals surface area contributed by atoms with Crippen LogP contribution in [0.3, 0.4) is 0 Å². The van der Waals surface area contributed by atoms with Crippen LogP contribution in [0, 0.1) is 12.7 Å². The first kappa shape index (κ1) is 14.0. The van der Waals surface area contributed by atoms with Gasteiger partial charge in [0.05, 0.1) is 4.47 Å². The highest BCUT2D eigenvalue weighted by Gasteiger charge is 2.08. The van der Waals surface area contributed by atoms with Crippen LogP contribution in [-0.4, -0.2) is 0 Å². The van der Waals surface area contributed by atoms with Crippen molar-refractivity contribution in [3.63, 3.8) is 0 Å². The molecule has 0 unspecified atom stereocenters. The lowest BCUT2D eigenvalue weighted by atomic mass is 10.1. The van der Waals surface area contributed by atoms with E-state index in [2.05, 4.69) is 15.9 Å². The first-order valence-electron chi connectivity index (χ1n) is 5.97. The van der Waals surface area contributed by atoms with E-state index in [-0.39, 0.29) is 5.82 Å². The van der Waals surface area contributed by atoms with Crippen molar-refractivity contribution in [3.8, 4) is 5.75 Å². The highest BCUT2D eigenvalue weighted by molar-refractivity contribution is 9.10. The van der Waals surface area contributed by atoms with E-state index in [0.29, 0.717) is 13.2 Å². The lowest BCUT2D eigenvalue weighted by Crippen LogP contribution is -2.04. The Morgan fingerprint density at radius 2 is 2.00 bits per heavy atom. The number of nitrogens with two attached hydrogens (primary N) is 1. The number of hydrogen-bond acceptors (Lipinski definition) is 2. The van der Waals surface area contributed by atoms with Crippen LogP contribution in [0.4, 0.5) is 4.39 Å². The summed E-state index contributed by atoms with van der Waals surface area (Å²) >= 11 is 3.45. The van der Waals surface area contributed by atoms with E-state index in [1.165, 1.54) is 12.1 Å². The molecule has 2 aromatic carbocycles. The largest absolute Gasteiger partial charge is 0.487 e. The van der Waals surface area contributed by atoms with Gasteiger partial charge in [-0.25, -0.2) is 4.39 Å². The summed E-state index contributed by atoms with van der Waals surface area (Å²) in [7, 11) is 0. The summed E-state index contributed by atoms with van der Waals surface area (Å²) in [6, 6.07) is 10.4. The molecule has 0 spiro atoms. The summed E-state index contributed by atoms with van der Waals surface area (Å²) in [5.41, 5.74) is 8.46. The van der Waals surface area contributed by atoms with Gasteiger partial charge in [0.15, 0.2) is 0 Å². The molecule has 100 valence electrons. The van der Waals surface area contributed by atoms with Crippen LogP contribution in [0.2, 0.25) is 0 Å². The van der Waals surface area contributed by atoms with Crippen LogP contribution in [0.15, 0.2) is 40.9 Å². The summed E-state index contributed by atoms with van der Waals surface area (Å²) in [4.78, 5) is 0. The van der Waals surface area contributed by atoms with Gasteiger partial charge in [0.2, 0.25) is 0 Å². The summed E-state index contributed by atoms with van der Waals surface area (Å²) in [5.74, 6) is 0.513. The standard InChI is InChI=1S/C15H15BrFNO/c1-10-7-13(17)6-5-12(10)9-19-15-11(8-18)3-2-4-14(15)16/h2-7H,8-9,18H2,1H3. The lowest BCUT2D eigenvalue weighted by Gasteiger charge is -2.13. The van der Waals surface area contributed by atoms with Crippen LogP contribution in [-0.2, 0) is 13.2 Å². The molecule has 0 aromatic heterocycles. The Bertz CT molecular complexity index is 586. The van der Waals surface area contributed by atoms with Crippen LogP contribution >= 0.6 is 15.9 Å². The number of rotatable bonds is 4. The normalized spacial score (nSPS) is 10.5. The zero-order chi connectivity index (χ0) is 13.8. The van der Waals surface area contributed by atoms with E-state index in [4.69, 9.17) is 10.5 Å². The van der Waals surface area contributed by atoms with Crippen LogP contribution in [0.5, 0.6) is 5.75 Å². The molecule has 2 nitrogen and oxygen atoms in total. The quantitative estimate of drug-likeness (QED) is 0.925. The molecule has 0 aliphatic heterocycles. The van der Waals surface area contributed by atoms with Gasteiger partial charge in [-0.15, -0.1) is 0 Å². The molecule has 0 saturated carbocycles. The van der Waals surface area contributed by atoms with Crippen molar-refractivity contribution in [1.29, 1.82) is 0 Å². The second kappa shape index (κ2) is 6.17. The zero-order valence-corrected chi connectivity index (χ0v) is 12.2. The van der Waals surface area contributed by atoms with E-state index in [0.717, 1.165) is 26.9 Å². The third-order valence-corrected chi connectivity index (χ3v) is 3.57. The number of aryl methyl sites for hydroxylation is 1. The molecule has 0 heterocycles. The second-order valence-electron chi connectivity index (χ2n) is 4.29. The van der Waals surface area contributed by atoms with Crippen molar-refractivity contribution in [2.45, 2.75) is 20.1 Å². The minimum Gasteiger partial charge on any atom is -0.487 e. The number of hydrogen-bond donors (Lipinski definition) is 1. The Balaban J connectivity index is 2.19. The van der Waals surface area contributed by atoms with Crippen molar-refractivity contribution in [2.24, 2.45) is 5.73 Å². The van der Waals surface area contributed by atoms with Gasteiger partial charge in [-0.2, -0.15) is 0 Å². The fourth-order valence-corrected chi connectivity index (χ4v) is 2.37. The number of ether oxygens (including phenoxy) is 1. The fraction of sp³-hybridized carbons (Fsp3) is 0.200. The number of para-hydroxylation sites is 1. The topological polar surface area (TPSA) is 35.2 Å². The monoisotopic (exact) mass is 323 g/mol. The Kier molecular flexibility index (Phi) is 4.56. The van der Waals surface area contributed by atoms with Crippen LogP contribution < -0.4 is 10.5 Å². The van der Waals surface area contributed by atoms with Crippen molar-refractivity contribution >= 4 is 15.9 Å². The molecule has 0 radical (unpaired) electrons. The van der Waals surface area contributed by atoms with E-state index in [1.807, 2.05) is 25.1 Å². The fourth-order valence-electron chi connectivity index (χ4n) is 1.85. The van der Waals surface area contributed by atoms with Gasteiger partial charge in [0.1, 0.15) is 18.2 Å². The Morgan fingerprint density at radius 1 is 1.21 bits per heavy atom. The molecule has 19 heavy (non-hydrogen) atoms. The second-order valence-corrected chi connectivity index (χ2v) is 5.15. The molecule has 2 rings (SSSR count). The van der Waals surface area contributed by atoms with Gasteiger partial charge in [-0.3, -0.25) is 0 Å². The number of benzene rings is 2. The van der Waals surface area contributed by atoms with Crippen molar-refractivity contribution in [3.05, 3.63) is 63.4 Å². The summed E-state index contributed by atoms with van der Waals surface area (Å²) in [6.45, 7) is 2.67.